The van der Waals surface area contributed by atoms with Gasteiger partial charge in [0, 0.05) is 12.0 Å². The molecule has 1 aliphatic carbocycles. The van der Waals surface area contributed by atoms with Crippen LogP contribution in [0.25, 0.3) is 10.2 Å². The van der Waals surface area contributed by atoms with Crippen molar-refractivity contribution in [2.75, 3.05) is 19.6 Å². The summed E-state index contributed by atoms with van der Waals surface area (Å²) in [4.78, 5) is 26.5. The van der Waals surface area contributed by atoms with E-state index in [1.54, 1.807) is 18.2 Å². The number of amides is 1. The van der Waals surface area contributed by atoms with Gasteiger partial charge < -0.3 is 26.5 Å². The summed E-state index contributed by atoms with van der Waals surface area (Å²) >= 11 is 1.11. The molecule has 0 aliphatic heterocycles. The van der Waals surface area contributed by atoms with Crippen molar-refractivity contribution in [2.45, 2.75) is 63.3 Å². The van der Waals surface area contributed by atoms with Crippen LogP contribution in [0.15, 0.2) is 41.2 Å². The molecule has 1 atom stereocenters. The van der Waals surface area contributed by atoms with Crippen molar-refractivity contribution < 1.29 is 14.3 Å². The quantitative estimate of drug-likeness (QED) is 0.215. The number of H-pyrrole nitrogens is 1. The second-order valence-electron chi connectivity index (χ2n) is 10.2. The fourth-order valence-electron chi connectivity index (χ4n) is 5.78. The average molecular weight is 529 g/mol. The molecule has 1 aromatic heterocycles. The van der Waals surface area contributed by atoms with Crippen LogP contribution < -0.4 is 21.2 Å². The summed E-state index contributed by atoms with van der Waals surface area (Å²) in [7, 11) is 0. The normalized spacial score (nSPS) is 16.1. The number of thiazole rings is 1. The van der Waals surface area contributed by atoms with E-state index in [9.17, 15) is 19.1 Å². The van der Waals surface area contributed by atoms with Crippen LogP contribution in [0.2, 0.25) is 0 Å². The standard InChI is InChI=1S/C28H37FN4O3S/c29-22-8-4-5-19(17-22)11-15-32-28(18-24(30)35,21-6-2-1-3-7-21)13-16-31-14-12-20-9-10-23(34)25-26(20)37-27(36)33-25/h4-5,8-10,17,21,31-32,34H,1-3,6-7,11-16,18H2,(H2,30,35)(H,33,36). The lowest BCUT2D eigenvalue weighted by Gasteiger charge is -2.43. The Balaban J connectivity index is 1.40. The number of rotatable bonds is 13. The zero-order chi connectivity index (χ0) is 26.3. The van der Waals surface area contributed by atoms with Gasteiger partial charge in [-0.15, -0.1) is 0 Å². The first-order chi connectivity index (χ1) is 17.9. The molecule has 1 fully saturated rings. The Morgan fingerprint density at radius 3 is 2.70 bits per heavy atom. The number of hydrogen-bond donors (Lipinski definition) is 5. The zero-order valence-electron chi connectivity index (χ0n) is 21.2. The minimum Gasteiger partial charge on any atom is -0.506 e. The van der Waals surface area contributed by atoms with Crippen molar-refractivity contribution >= 4 is 27.5 Å². The highest BCUT2D eigenvalue weighted by Crippen LogP contribution is 2.37. The largest absolute Gasteiger partial charge is 0.506 e. The monoisotopic (exact) mass is 528 g/mol. The lowest BCUT2D eigenvalue weighted by molar-refractivity contribution is -0.120. The predicted molar refractivity (Wildman–Crippen MR) is 147 cm³/mol. The fraction of sp³-hybridized carbons (Fsp3) is 0.500. The number of hydrogen-bond acceptors (Lipinski definition) is 6. The summed E-state index contributed by atoms with van der Waals surface area (Å²) in [6, 6.07) is 10.1. The Hall–Kier alpha value is -2.75. The number of aromatic hydroxyl groups is 1. The fourth-order valence-corrected chi connectivity index (χ4v) is 6.67. The number of phenolic OH excluding ortho intramolecular Hbond substituents is 1. The Kier molecular flexibility index (Phi) is 9.34. The molecular weight excluding hydrogens is 491 g/mol. The molecule has 1 amide bonds. The average Bonchev–Trinajstić information content (AvgIpc) is 3.28. The third-order valence-corrected chi connectivity index (χ3v) is 8.57. The van der Waals surface area contributed by atoms with E-state index in [-0.39, 0.29) is 28.8 Å². The van der Waals surface area contributed by atoms with Crippen LogP contribution in [0.1, 0.15) is 56.1 Å². The molecule has 1 saturated carbocycles. The van der Waals surface area contributed by atoms with E-state index in [0.29, 0.717) is 43.9 Å². The van der Waals surface area contributed by atoms with Crippen molar-refractivity contribution in [1.29, 1.82) is 0 Å². The number of fused-ring (bicyclic) bond motifs is 1. The highest BCUT2D eigenvalue weighted by atomic mass is 32.1. The van der Waals surface area contributed by atoms with Gasteiger partial charge in [-0.2, -0.15) is 0 Å². The molecule has 200 valence electrons. The van der Waals surface area contributed by atoms with Crippen LogP contribution in [0, 0.1) is 11.7 Å². The number of aromatic nitrogens is 1. The number of nitrogens with one attached hydrogen (secondary N) is 3. The third kappa shape index (κ3) is 7.18. The van der Waals surface area contributed by atoms with E-state index in [4.69, 9.17) is 5.73 Å². The van der Waals surface area contributed by atoms with Gasteiger partial charge in [-0.1, -0.05) is 48.8 Å². The molecule has 0 radical (unpaired) electrons. The molecule has 1 aliphatic rings. The molecule has 6 N–H and O–H groups in total. The smallest absolute Gasteiger partial charge is 0.305 e. The Bertz CT molecular complexity index is 1250. The van der Waals surface area contributed by atoms with Gasteiger partial charge in [0.2, 0.25) is 5.91 Å². The first-order valence-electron chi connectivity index (χ1n) is 13.2. The second kappa shape index (κ2) is 12.7. The van der Waals surface area contributed by atoms with Gasteiger partial charge in [-0.25, -0.2) is 4.39 Å². The molecule has 0 bridgehead atoms. The number of carbonyl (C=O) groups excluding carboxylic acids is 1. The molecule has 0 saturated heterocycles. The Labute approximate surface area is 220 Å². The van der Waals surface area contributed by atoms with Crippen LogP contribution in [-0.2, 0) is 17.6 Å². The summed E-state index contributed by atoms with van der Waals surface area (Å²) in [5, 5.41) is 17.2. The Morgan fingerprint density at radius 1 is 1.14 bits per heavy atom. The molecule has 37 heavy (non-hydrogen) atoms. The SMILES string of the molecule is NC(=O)CC(CCNCCc1ccc(O)c2[nH]c(=O)sc12)(NCCc1cccc(F)c1)C1CCCCC1. The number of benzene rings is 2. The van der Waals surface area contributed by atoms with Crippen molar-refractivity contribution in [3.05, 3.63) is 63.0 Å². The van der Waals surface area contributed by atoms with Crippen LogP contribution in [-0.4, -0.2) is 41.2 Å². The van der Waals surface area contributed by atoms with Gasteiger partial charge in [0.25, 0.3) is 0 Å². The third-order valence-electron chi connectivity index (χ3n) is 7.61. The van der Waals surface area contributed by atoms with Crippen molar-refractivity contribution in [3.8, 4) is 5.75 Å². The summed E-state index contributed by atoms with van der Waals surface area (Å²) in [5.41, 5.74) is 7.79. The van der Waals surface area contributed by atoms with Crippen LogP contribution in [0.4, 0.5) is 4.39 Å². The molecule has 1 unspecified atom stereocenters. The van der Waals surface area contributed by atoms with E-state index in [2.05, 4.69) is 15.6 Å². The maximum absolute atomic E-state index is 13.6. The van der Waals surface area contributed by atoms with Crippen LogP contribution in [0.3, 0.4) is 0 Å². The lowest BCUT2D eigenvalue weighted by atomic mass is 9.70. The summed E-state index contributed by atoms with van der Waals surface area (Å²) < 4.78 is 14.4. The number of aromatic amines is 1. The molecule has 3 aromatic rings. The molecular formula is C28H37FN4O3S. The first-order valence-corrected chi connectivity index (χ1v) is 14.0. The molecule has 2 aromatic carbocycles. The number of halogens is 1. The van der Waals surface area contributed by atoms with Crippen molar-refractivity contribution in [1.82, 2.24) is 15.6 Å². The maximum atomic E-state index is 13.6. The van der Waals surface area contributed by atoms with E-state index < -0.39 is 5.54 Å². The second-order valence-corrected chi connectivity index (χ2v) is 11.1. The van der Waals surface area contributed by atoms with Gasteiger partial charge in [0.1, 0.15) is 17.1 Å². The van der Waals surface area contributed by atoms with Crippen molar-refractivity contribution in [3.63, 3.8) is 0 Å². The van der Waals surface area contributed by atoms with Gasteiger partial charge in [0.15, 0.2) is 0 Å². The highest BCUT2D eigenvalue weighted by molar-refractivity contribution is 7.16. The van der Waals surface area contributed by atoms with E-state index in [0.717, 1.165) is 59.3 Å². The van der Waals surface area contributed by atoms with Gasteiger partial charge in [-0.3, -0.25) is 9.59 Å². The summed E-state index contributed by atoms with van der Waals surface area (Å²) in [5.74, 6) is -0.108. The lowest BCUT2D eigenvalue weighted by Crippen LogP contribution is -2.56. The minimum absolute atomic E-state index is 0.0816. The zero-order valence-corrected chi connectivity index (χ0v) is 22.0. The summed E-state index contributed by atoms with van der Waals surface area (Å²) in [6.45, 7) is 2.05. The van der Waals surface area contributed by atoms with Crippen LogP contribution in [0.5, 0.6) is 5.75 Å². The first kappa shape index (κ1) is 27.3. The number of carbonyl (C=O) groups is 1. The minimum atomic E-state index is -0.404. The van der Waals surface area contributed by atoms with E-state index in [1.165, 1.54) is 12.5 Å². The molecule has 4 rings (SSSR count). The van der Waals surface area contributed by atoms with Crippen molar-refractivity contribution in [2.24, 2.45) is 11.7 Å². The van der Waals surface area contributed by atoms with Gasteiger partial charge >= 0.3 is 4.87 Å². The number of nitrogens with two attached hydrogens (primary N) is 1. The molecule has 1 heterocycles. The molecule has 0 spiro atoms. The number of phenols is 1. The summed E-state index contributed by atoms with van der Waals surface area (Å²) in [6.07, 6.45) is 8.08. The van der Waals surface area contributed by atoms with Gasteiger partial charge in [0.05, 0.1) is 4.70 Å². The maximum Gasteiger partial charge on any atom is 0.305 e. The topological polar surface area (TPSA) is 120 Å². The van der Waals surface area contributed by atoms with Gasteiger partial charge in [-0.05, 0) is 87.0 Å². The number of primary amides is 1. The highest BCUT2D eigenvalue weighted by Gasteiger charge is 2.39. The predicted octanol–water partition coefficient (Wildman–Crippen LogP) is 3.98. The Morgan fingerprint density at radius 2 is 1.95 bits per heavy atom. The molecule has 7 nitrogen and oxygen atoms in total. The molecule has 9 heteroatoms. The van der Waals surface area contributed by atoms with E-state index >= 15 is 0 Å². The van der Waals surface area contributed by atoms with E-state index in [1.807, 2.05) is 12.1 Å². The van der Waals surface area contributed by atoms with Crippen LogP contribution >= 0.6 is 11.3 Å².